The Hall–Kier alpha value is -3.94. The lowest BCUT2D eigenvalue weighted by atomic mass is 9.96. The van der Waals surface area contributed by atoms with E-state index in [0.29, 0.717) is 16.5 Å². The average Bonchev–Trinajstić information content (AvgIpc) is 2.82. The van der Waals surface area contributed by atoms with E-state index in [9.17, 15) is 14.4 Å². The van der Waals surface area contributed by atoms with E-state index in [1.54, 1.807) is 6.07 Å². The molecule has 2 aromatic carbocycles. The van der Waals surface area contributed by atoms with Crippen molar-refractivity contribution in [3.8, 4) is 0 Å². The maximum atomic E-state index is 12.6. The summed E-state index contributed by atoms with van der Waals surface area (Å²) in [5.74, 6) is -1.45. The molecule has 166 valence electrons. The molecule has 0 saturated carbocycles. The van der Waals surface area contributed by atoms with Crippen molar-refractivity contribution in [2.75, 3.05) is 20.8 Å². The molecule has 8 nitrogen and oxygen atoms in total. The standard InChI is InChI=1S/C24H24N2O6/c1-15-9-10-19-18(13-15)17(20(22(27)30-2)21(26-19)23(28)31-3)11-12-25-24(29)32-14-16-7-5-4-6-8-16/h4-10,13H,11-12,14H2,1-3H3,(H,25,29). The van der Waals surface area contributed by atoms with Crippen LogP contribution in [-0.2, 0) is 27.2 Å². The summed E-state index contributed by atoms with van der Waals surface area (Å²) in [4.78, 5) is 41.4. The SMILES string of the molecule is COC(=O)c1nc2ccc(C)cc2c(CCNC(=O)OCc2ccccc2)c1C(=O)OC. The number of rotatable bonds is 7. The highest BCUT2D eigenvalue weighted by molar-refractivity contribution is 6.07. The predicted molar refractivity (Wildman–Crippen MR) is 117 cm³/mol. The van der Waals surface area contributed by atoms with Gasteiger partial charge < -0.3 is 19.5 Å². The van der Waals surface area contributed by atoms with Gasteiger partial charge in [-0.25, -0.2) is 19.4 Å². The maximum Gasteiger partial charge on any atom is 0.407 e. The van der Waals surface area contributed by atoms with Crippen molar-refractivity contribution in [3.05, 3.63) is 76.5 Å². The zero-order valence-corrected chi connectivity index (χ0v) is 18.1. The van der Waals surface area contributed by atoms with Crippen LogP contribution in [-0.4, -0.2) is 43.8 Å². The van der Waals surface area contributed by atoms with Crippen LogP contribution in [0.4, 0.5) is 4.79 Å². The summed E-state index contributed by atoms with van der Waals surface area (Å²) in [5.41, 5.74) is 2.79. The Balaban J connectivity index is 1.86. The van der Waals surface area contributed by atoms with Crippen LogP contribution in [0.25, 0.3) is 10.9 Å². The Morgan fingerprint density at radius 3 is 2.38 bits per heavy atom. The van der Waals surface area contributed by atoms with Crippen molar-refractivity contribution < 1.29 is 28.6 Å². The van der Waals surface area contributed by atoms with Gasteiger partial charge in [0.1, 0.15) is 6.61 Å². The number of nitrogens with zero attached hydrogens (tertiary/aromatic N) is 1. The molecule has 0 bridgehead atoms. The van der Waals surface area contributed by atoms with Crippen molar-refractivity contribution >= 4 is 28.9 Å². The lowest BCUT2D eigenvalue weighted by Crippen LogP contribution is -2.27. The molecule has 0 saturated heterocycles. The minimum absolute atomic E-state index is 0.0249. The number of fused-ring (bicyclic) bond motifs is 1. The van der Waals surface area contributed by atoms with Crippen molar-refractivity contribution in [2.45, 2.75) is 20.0 Å². The van der Waals surface area contributed by atoms with Gasteiger partial charge in [0, 0.05) is 11.9 Å². The predicted octanol–water partition coefficient (Wildman–Crippen LogP) is 3.59. The highest BCUT2D eigenvalue weighted by Gasteiger charge is 2.26. The second-order valence-corrected chi connectivity index (χ2v) is 7.06. The van der Waals surface area contributed by atoms with Crippen LogP contribution in [0.5, 0.6) is 0 Å². The molecule has 0 radical (unpaired) electrons. The monoisotopic (exact) mass is 436 g/mol. The Labute approximate surface area is 185 Å². The van der Waals surface area contributed by atoms with Crippen LogP contribution in [0.3, 0.4) is 0 Å². The van der Waals surface area contributed by atoms with E-state index < -0.39 is 18.0 Å². The van der Waals surface area contributed by atoms with Crippen molar-refractivity contribution in [1.29, 1.82) is 0 Å². The van der Waals surface area contributed by atoms with Crippen LogP contribution in [0, 0.1) is 6.92 Å². The van der Waals surface area contributed by atoms with Gasteiger partial charge >= 0.3 is 18.0 Å². The van der Waals surface area contributed by atoms with E-state index in [1.165, 1.54) is 14.2 Å². The molecular formula is C24H24N2O6. The quantitative estimate of drug-likeness (QED) is 0.446. The number of alkyl carbamates (subject to hydrolysis) is 1. The molecule has 0 unspecified atom stereocenters. The maximum absolute atomic E-state index is 12.6. The van der Waals surface area contributed by atoms with Gasteiger partial charge in [-0.3, -0.25) is 0 Å². The largest absolute Gasteiger partial charge is 0.465 e. The zero-order valence-electron chi connectivity index (χ0n) is 18.1. The number of nitrogens with one attached hydrogen (secondary N) is 1. The topological polar surface area (TPSA) is 104 Å². The molecule has 1 N–H and O–H groups in total. The fraction of sp³-hybridized carbons (Fsp3) is 0.250. The number of aromatic nitrogens is 1. The molecule has 1 amide bonds. The van der Waals surface area contributed by atoms with Gasteiger partial charge in [-0.15, -0.1) is 0 Å². The third-order valence-electron chi connectivity index (χ3n) is 4.87. The normalized spacial score (nSPS) is 10.5. The van der Waals surface area contributed by atoms with Gasteiger partial charge in [-0.1, -0.05) is 42.0 Å². The smallest absolute Gasteiger partial charge is 0.407 e. The summed E-state index contributed by atoms with van der Waals surface area (Å²) in [6.07, 6.45) is -0.339. The molecule has 1 heterocycles. The minimum atomic E-state index is -0.746. The summed E-state index contributed by atoms with van der Waals surface area (Å²) in [7, 11) is 2.45. The third-order valence-corrected chi connectivity index (χ3v) is 4.87. The molecule has 1 aromatic heterocycles. The lowest BCUT2D eigenvalue weighted by Gasteiger charge is -2.15. The Morgan fingerprint density at radius 1 is 0.969 bits per heavy atom. The minimum Gasteiger partial charge on any atom is -0.465 e. The van der Waals surface area contributed by atoms with Gasteiger partial charge in [0.25, 0.3) is 0 Å². The number of ether oxygens (including phenoxy) is 3. The summed E-state index contributed by atoms with van der Waals surface area (Å²) >= 11 is 0. The molecule has 3 rings (SSSR count). The molecule has 8 heteroatoms. The van der Waals surface area contributed by atoms with Crippen LogP contribution in [0.2, 0.25) is 0 Å². The van der Waals surface area contributed by atoms with Gasteiger partial charge in [0.2, 0.25) is 0 Å². The number of aryl methyl sites for hydroxylation is 1. The number of hydrogen-bond acceptors (Lipinski definition) is 7. The molecule has 0 aliphatic rings. The van der Waals surface area contributed by atoms with Crippen molar-refractivity contribution in [2.24, 2.45) is 0 Å². The van der Waals surface area contributed by atoms with Crippen LogP contribution in [0.1, 0.15) is 37.5 Å². The van der Waals surface area contributed by atoms with Gasteiger partial charge in [-0.2, -0.15) is 0 Å². The summed E-state index contributed by atoms with van der Waals surface area (Å²) in [5, 5.41) is 3.37. The van der Waals surface area contributed by atoms with Gasteiger partial charge in [0.15, 0.2) is 5.69 Å². The average molecular weight is 436 g/mol. The number of pyridine rings is 1. The summed E-state index contributed by atoms with van der Waals surface area (Å²) < 4.78 is 14.9. The summed E-state index contributed by atoms with van der Waals surface area (Å²) in [6.45, 7) is 2.23. The van der Waals surface area contributed by atoms with E-state index in [-0.39, 0.29) is 30.8 Å². The van der Waals surface area contributed by atoms with Crippen LogP contribution in [0.15, 0.2) is 48.5 Å². The van der Waals surface area contributed by atoms with Gasteiger partial charge in [-0.05, 0) is 36.6 Å². The highest BCUT2D eigenvalue weighted by Crippen LogP contribution is 2.26. The number of methoxy groups -OCH3 is 2. The van der Waals surface area contributed by atoms with E-state index >= 15 is 0 Å². The Morgan fingerprint density at radius 2 is 1.69 bits per heavy atom. The number of carbonyl (C=O) groups is 3. The van der Waals surface area contributed by atoms with E-state index in [0.717, 1.165) is 11.1 Å². The first-order valence-electron chi connectivity index (χ1n) is 9.99. The number of amides is 1. The Kier molecular flexibility index (Phi) is 7.38. The first-order valence-corrected chi connectivity index (χ1v) is 9.99. The number of esters is 2. The molecule has 0 fully saturated rings. The van der Waals surface area contributed by atoms with Crippen molar-refractivity contribution in [3.63, 3.8) is 0 Å². The molecule has 0 atom stereocenters. The second-order valence-electron chi connectivity index (χ2n) is 7.06. The first-order chi connectivity index (χ1) is 15.4. The molecule has 0 aliphatic heterocycles. The van der Waals surface area contributed by atoms with E-state index in [4.69, 9.17) is 14.2 Å². The third kappa shape index (κ3) is 5.21. The molecule has 3 aromatic rings. The van der Waals surface area contributed by atoms with Crippen molar-refractivity contribution in [1.82, 2.24) is 10.3 Å². The van der Waals surface area contributed by atoms with E-state index in [2.05, 4.69) is 10.3 Å². The lowest BCUT2D eigenvalue weighted by molar-refractivity contribution is 0.0549. The second kappa shape index (κ2) is 10.4. The van der Waals surface area contributed by atoms with Gasteiger partial charge in [0.05, 0.1) is 25.3 Å². The van der Waals surface area contributed by atoms with Crippen LogP contribution >= 0.6 is 0 Å². The fourth-order valence-electron chi connectivity index (χ4n) is 3.33. The zero-order chi connectivity index (χ0) is 23.1. The molecule has 0 aliphatic carbocycles. The number of benzene rings is 2. The Bertz CT molecular complexity index is 1140. The fourth-order valence-corrected chi connectivity index (χ4v) is 3.33. The molecular weight excluding hydrogens is 412 g/mol. The first kappa shape index (κ1) is 22.7. The number of hydrogen-bond donors (Lipinski definition) is 1. The molecule has 0 spiro atoms. The molecule has 32 heavy (non-hydrogen) atoms. The summed E-state index contributed by atoms with van der Waals surface area (Å²) in [6, 6.07) is 14.8. The van der Waals surface area contributed by atoms with E-state index in [1.807, 2.05) is 49.4 Å². The number of carbonyl (C=O) groups excluding carboxylic acids is 3. The van der Waals surface area contributed by atoms with Crippen LogP contribution < -0.4 is 5.32 Å². The highest BCUT2D eigenvalue weighted by atomic mass is 16.5.